The van der Waals surface area contributed by atoms with Crippen molar-refractivity contribution in [2.45, 2.75) is 6.61 Å². The summed E-state index contributed by atoms with van der Waals surface area (Å²) in [6.45, 7) is 0.252. The van der Waals surface area contributed by atoms with Crippen LogP contribution < -0.4 is 19.7 Å². The molecule has 3 aromatic rings. The predicted molar refractivity (Wildman–Crippen MR) is 139 cm³/mol. The number of hydrogen-bond acceptors (Lipinski definition) is 5. The van der Waals surface area contributed by atoms with Crippen LogP contribution >= 0.6 is 27.5 Å². The molecule has 0 atom stereocenters. The minimum absolute atomic E-state index is 0.0459. The molecule has 3 aromatic carbocycles. The van der Waals surface area contributed by atoms with Gasteiger partial charge in [0, 0.05) is 36.1 Å². The average molecular weight is 541 g/mol. The molecule has 8 heteroatoms. The van der Waals surface area contributed by atoms with E-state index in [0.717, 1.165) is 11.3 Å². The third kappa shape index (κ3) is 6.31. The summed E-state index contributed by atoms with van der Waals surface area (Å²) in [5, 5.41) is 12.9. The number of benzene rings is 3. The van der Waals surface area contributed by atoms with Crippen LogP contribution in [0.4, 0.5) is 11.4 Å². The van der Waals surface area contributed by atoms with Crippen LogP contribution in [-0.2, 0) is 11.4 Å². The molecule has 0 heterocycles. The van der Waals surface area contributed by atoms with Crippen LogP contribution in [0.25, 0.3) is 6.08 Å². The Labute approximate surface area is 212 Å². The third-order valence-electron chi connectivity index (χ3n) is 4.90. The van der Waals surface area contributed by atoms with Crippen molar-refractivity contribution in [3.63, 3.8) is 0 Å². The molecule has 0 spiro atoms. The second-order valence-electron chi connectivity index (χ2n) is 7.48. The first-order valence-electron chi connectivity index (χ1n) is 10.3. The average Bonchev–Trinajstić information content (AvgIpc) is 2.82. The van der Waals surface area contributed by atoms with Crippen LogP contribution in [0.1, 0.15) is 11.1 Å². The zero-order valence-electron chi connectivity index (χ0n) is 18.9. The first kappa shape index (κ1) is 25.2. The van der Waals surface area contributed by atoms with Gasteiger partial charge in [-0.05, 0) is 70.0 Å². The van der Waals surface area contributed by atoms with Gasteiger partial charge < -0.3 is 19.7 Å². The number of amides is 1. The molecule has 0 saturated carbocycles. The van der Waals surface area contributed by atoms with Gasteiger partial charge in [-0.25, -0.2) is 0 Å². The molecule has 1 N–H and O–H groups in total. The minimum atomic E-state index is -0.505. The standard InChI is InChI=1S/C26H23BrClN3O3/c1-31(2)21-10-8-20(9-11-21)30-26(32)19(15-29)12-17-13-22(27)25(24(14-17)33-3)34-16-18-6-4-5-7-23(18)28/h4-14H,16H2,1-3H3,(H,30,32)/b19-12-. The quantitative estimate of drug-likeness (QED) is 0.268. The van der Waals surface area contributed by atoms with Gasteiger partial charge in [-0.2, -0.15) is 5.26 Å². The summed E-state index contributed by atoms with van der Waals surface area (Å²) < 4.78 is 12.0. The van der Waals surface area contributed by atoms with Gasteiger partial charge in [-0.15, -0.1) is 0 Å². The van der Waals surface area contributed by atoms with Crippen molar-refractivity contribution in [2.24, 2.45) is 0 Å². The van der Waals surface area contributed by atoms with Gasteiger partial charge in [0.25, 0.3) is 5.91 Å². The van der Waals surface area contributed by atoms with Crippen molar-refractivity contribution >= 4 is 50.9 Å². The Hall–Kier alpha value is -3.47. The molecule has 0 bridgehead atoms. The molecule has 0 saturated heterocycles. The normalized spacial score (nSPS) is 10.9. The number of halogens is 2. The van der Waals surface area contributed by atoms with Crippen molar-refractivity contribution in [1.82, 2.24) is 0 Å². The predicted octanol–water partition coefficient (Wildman–Crippen LogP) is 6.30. The van der Waals surface area contributed by atoms with Crippen LogP contribution in [0.15, 0.2) is 70.7 Å². The fraction of sp³-hybridized carbons (Fsp3) is 0.154. The van der Waals surface area contributed by atoms with Gasteiger partial charge in [-0.3, -0.25) is 4.79 Å². The van der Waals surface area contributed by atoms with E-state index >= 15 is 0 Å². The number of methoxy groups -OCH3 is 1. The number of nitriles is 1. The van der Waals surface area contributed by atoms with Crippen molar-refractivity contribution in [3.05, 3.63) is 86.9 Å². The first-order chi connectivity index (χ1) is 16.3. The molecule has 0 unspecified atom stereocenters. The molecule has 6 nitrogen and oxygen atoms in total. The second kappa shape index (κ2) is 11.6. The SMILES string of the molecule is COc1cc(/C=C(/C#N)C(=O)Nc2ccc(N(C)C)cc2)cc(Br)c1OCc1ccccc1Cl. The van der Waals surface area contributed by atoms with Gasteiger partial charge in [0.15, 0.2) is 11.5 Å². The van der Waals surface area contributed by atoms with E-state index in [9.17, 15) is 10.1 Å². The molecular formula is C26H23BrClN3O3. The van der Waals surface area contributed by atoms with Crippen molar-refractivity contribution in [1.29, 1.82) is 5.26 Å². The van der Waals surface area contributed by atoms with E-state index in [1.807, 2.05) is 55.4 Å². The van der Waals surface area contributed by atoms with E-state index in [1.54, 1.807) is 30.3 Å². The van der Waals surface area contributed by atoms with Crippen molar-refractivity contribution in [2.75, 3.05) is 31.4 Å². The minimum Gasteiger partial charge on any atom is -0.493 e. The first-order valence-corrected chi connectivity index (χ1v) is 11.4. The summed E-state index contributed by atoms with van der Waals surface area (Å²) in [6.07, 6.45) is 1.49. The molecule has 3 rings (SSSR count). The fourth-order valence-electron chi connectivity index (χ4n) is 3.09. The topological polar surface area (TPSA) is 74.6 Å². The van der Waals surface area contributed by atoms with Gasteiger partial charge in [0.05, 0.1) is 11.6 Å². The zero-order valence-corrected chi connectivity index (χ0v) is 21.3. The molecule has 0 aromatic heterocycles. The lowest BCUT2D eigenvalue weighted by Crippen LogP contribution is -2.14. The monoisotopic (exact) mass is 539 g/mol. The maximum atomic E-state index is 12.7. The third-order valence-corrected chi connectivity index (χ3v) is 5.86. The van der Waals surface area contributed by atoms with Gasteiger partial charge in [0.2, 0.25) is 0 Å². The van der Waals surface area contributed by atoms with E-state index in [1.165, 1.54) is 13.2 Å². The molecule has 1 amide bonds. The second-order valence-corrected chi connectivity index (χ2v) is 8.74. The number of rotatable bonds is 8. The van der Waals surface area contributed by atoms with E-state index in [2.05, 4.69) is 21.2 Å². The molecular weight excluding hydrogens is 518 g/mol. The number of nitrogens with zero attached hydrogens (tertiary/aromatic N) is 2. The Morgan fingerprint density at radius 1 is 1.18 bits per heavy atom. The van der Waals surface area contributed by atoms with Crippen LogP contribution in [0.2, 0.25) is 5.02 Å². The van der Waals surface area contributed by atoms with Gasteiger partial charge in [-0.1, -0.05) is 29.8 Å². The van der Waals surface area contributed by atoms with Crippen LogP contribution in [0.3, 0.4) is 0 Å². The van der Waals surface area contributed by atoms with Crippen molar-refractivity contribution < 1.29 is 14.3 Å². The van der Waals surface area contributed by atoms with E-state index in [4.69, 9.17) is 21.1 Å². The van der Waals surface area contributed by atoms with E-state index in [-0.39, 0.29) is 12.2 Å². The Morgan fingerprint density at radius 3 is 2.50 bits per heavy atom. The summed E-state index contributed by atoms with van der Waals surface area (Å²) >= 11 is 9.71. The number of hydrogen-bond donors (Lipinski definition) is 1. The number of carbonyl (C=O) groups excluding carboxylic acids is 1. The fourth-order valence-corrected chi connectivity index (χ4v) is 3.85. The van der Waals surface area contributed by atoms with E-state index < -0.39 is 5.91 Å². The molecule has 0 aliphatic rings. The molecule has 0 aliphatic carbocycles. The number of nitrogens with one attached hydrogen (secondary N) is 1. The maximum absolute atomic E-state index is 12.7. The summed E-state index contributed by atoms with van der Waals surface area (Å²) in [4.78, 5) is 14.6. The largest absolute Gasteiger partial charge is 0.493 e. The molecule has 0 radical (unpaired) electrons. The maximum Gasteiger partial charge on any atom is 0.266 e. The van der Waals surface area contributed by atoms with Crippen molar-refractivity contribution in [3.8, 4) is 17.6 Å². The molecule has 0 fully saturated rings. The lowest BCUT2D eigenvalue weighted by atomic mass is 10.1. The Morgan fingerprint density at radius 2 is 1.88 bits per heavy atom. The smallest absolute Gasteiger partial charge is 0.266 e. The molecule has 0 aliphatic heterocycles. The highest BCUT2D eigenvalue weighted by atomic mass is 79.9. The number of ether oxygens (including phenoxy) is 2. The summed E-state index contributed by atoms with van der Waals surface area (Å²) in [5.41, 5.74) is 2.99. The lowest BCUT2D eigenvalue weighted by Gasteiger charge is -2.14. The highest BCUT2D eigenvalue weighted by Gasteiger charge is 2.15. The Balaban J connectivity index is 1.80. The highest BCUT2D eigenvalue weighted by Crippen LogP contribution is 2.38. The summed E-state index contributed by atoms with van der Waals surface area (Å²) in [6, 6.07) is 20.2. The van der Waals surface area contributed by atoms with Crippen LogP contribution in [0, 0.1) is 11.3 Å². The zero-order chi connectivity index (χ0) is 24.7. The van der Waals surface area contributed by atoms with Crippen LogP contribution in [-0.4, -0.2) is 27.1 Å². The summed E-state index contributed by atoms with van der Waals surface area (Å²) in [7, 11) is 5.39. The number of carbonyl (C=O) groups is 1. The number of anilines is 2. The summed E-state index contributed by atoms with van der Waals surface area (Å²) in [5.74, 6) is 0.433. The Bertz CT molecular complexity index is 1250. The Kier molecular flexibility index (Phi) is 8.58. The van der Waals surface area contributed by atoms with Gasteiger partial charge in [0.1, 0.15) is 18.2 Å². The lowest BCUT2D eigenvalue weighted by molar-refractivity contribution is -0.112. The van der Waals surface area contributed by atoms with E-state index in [0.29, 0.717) is 32.2 Å². The van der Waals surface area contributed by atoms with Gasteiger partial charge >= 0.3 is 0 Å². The van der Waals surface area contributed by atoms with Crippen LogP contribution in [0.5, 0.6) is 11.5 Å². The highest BCUT2D eigenvalue weighted by molar-refractivity contribution is 9.10. The molecule has 174 valence electrons. The molecule has 34 heavy (non-hydrogen) atoms.